The Kier molecular flexibility index (Phi) is 7.42. The van der Waals surface area contributed by atoms with E-state index in [-0.39, 0.29) is 48.8 Å². The molecule has 11 heteroatoms. The number of benzene rings is 1. The van der Waals surface area contributed by atoms with E-state index in [9.17, 15) is 18.0 Å². The van der Waals surface area contributed by atoms with Crippen LogP contribution in [0.4, 0.5) is 5.13 Å². The van der Waals surface area contributed by atoms with E-state index in [2.05, 4.69) is 10.3 Å². The molecular weight excluding hydrogens is 442 g/mol. The van der Waals surface area contributed by atoms with Gasteiger partial charge in [0.25, 0.3) is 5.91 Å². The Balaban J connectivity index is 1.72. The Morgan fingerprint density at radius 3 is 2.68 bits per heavy atom. The van der Waals surface area contributed by atoms with Gasteiger partial charge in [-0.2, -0.15) is 4.31 Å². The first kappa shape index (κ1) is 23.3. The minimum atomic E-state index is -3.76. The van der Waals surface area contributed by atoms with Gasteiger partial charge in [0.1, 0.15) is 0 Å². The first-order chi connectivity index (χ1) is 14.7. The molecule has 1 aliphatic rings. The molecule has 1 N–H and O–H groups in total. The van der Waals surface area contributed by atoms with Crippen LogP contribution in [0, 0.1) is 0 Å². The number of hydrogen-bond donors (Lipinski definition) is 1. The number of carbonyl (C=O) groups is 2. The summed E-state index contributed by atoms with van der Waals surface area (Å²) < 4.78 is 38.0. The number of anilines is 1. The van der Waals surface area contributed by atoms with Crippen molar-refractivity contribution in [3.63, 3.8) is 0 Å². The van der Waals surface area contributed by atoms with Gasteiger partial charge in [0.2, 0.25) is 10.0 Å². The highest BCUT2D eigenvalue weighted by molar-refractivity contribution is 7.89. The molecule has 0 radical (unpaired) electrons. The number of morpholine rings is 1. The van der Waals surface area contributed by atoms with Gasteiger partial charge in [0, 0.05) is 24.0 Å². The molecule has 1 fully saturated rings. The average molecular weight is 468 g/mol. The highest BCUT2D eigenvalue weighted by atomic mass is 32.2. The van der Waals surface area contributed by atoms with Crippen LogP contribution in [0.2, 0.25) is 0 Å². The molecular formula is C20H25N3O6S2. The van der Waals surface area contributed by atoms with Gasteiger partial charge in [-0.3, -0.25) is 14.9 Å². The lowest BCUT2D eigenvalue weighted by molar-refractivity contribution is -0.142. The molecule has 0 spiro atoms. The van der Waals surface area contributed by atoms with E-state index in [1.807, 2.05) is 13.8 Å². The van der Waals surface area contributed by atoms with Crippen LogP contribution in [0.1, 0.15) is 36.8 Å². The zero-order valence-corrected chi connectivity index (χ0v) is 19.2. The molecule has 0 bridgehead atoms. The van der Waals surface area contributed by atoms with E-state index in [0.717, 1.165) is 0 Å². The van der Waals surface area contributed by atoms with Crippen LogP contribution in [-0.4, -0.2) is 61.5 Å². The summed E-state index contributed by atoms with van der Waals surface area (Å²) in [5, 5.41) is 4.62. The Labute approximate surface area is 185 Å². The summed E-state index contributed by atoms with van der Waals surface area (Å²) in [4.78, 5) is 28.4. The van der Waals surface area contributed by atoms with Gasteiger partial charge in [-0.15, -0.1) is 11.3 Å². The number of thiazole rings is 1. The monoisotopic (exact) mass is 467 g/mol. The number of ether oxygens (including phenoxy) is 2. The summed E-state index contributed by atoms with van der Waals surface area (Å²) in [6, 6.07) is 5.88. The summed E-state index contributed by atoms with van der Waals surface area (Å²) >= 11 is 1.17. The Morgan fingerprint density at radius 1 is 1.29 bits per heavy atom. The van der Waals surface area contributed by atoms with Crippen molar-refractivity contribution in [3.05, 3.63) is 40.9 Å². The third-order valence-corrected chi connectivity index (χ3v) is 7.16. The molecule has 2 aromatic rings. The minimum absolute atomic E-state index is 0.0182. The molecule has 31 heavy (non-hydrogen) atoms. The van der Waals surface area contributed by atoms with Crippen molar-refractivity contribution < 1.29 is 27.5 Å². The van der Waals surface area contributed by atoms with Crippen molar-refractivity contribution in [2.45, 2.75) is 44.3 Å². The van der Waals surface area contributed by atoms with Gasteiger partial charge in [-0.1, -0.05) is 6.07 Å². The van der Waals surface area contributed by atoms with Crippen LogP contribution in [0.15, 0.2) is 34.5 Å². The van der Waals surface area contributed by atoms with Crippen LogP contribution >= 0.6 is 11.3 Å². The lowest BCUT2D eigenvalue weighted by Crippen LogP contribution is -2.48. The first-order valence-electron chi connectivity index (χ1n) is 9.86. The topological polar surface area (TPSA) is 115 Å². The van der Waals surface area contributed by atoms with Crippen LogP contribution in [0.5, 0.6) is 0 Å². The summed E-state index contributed by atoms with van der Waals surface area (Å²) in [7, 11) is -3.76. The number of amides is 1. The van der Waals surface area contributed by atoms with Crippen molar-refractivity contribution in [1.29, 1.82) is 0 Å². The molecule has 2 heterocycles. The zero-order chi connectivity index (χ0) is 22.6. The number of rotatable bonds is 7. The van der Waals surface area contributed by atoms with E-state index in [0.29, 0.717) is 10.8 Å². The maximum atomic E-state index is 13.1. The smallest absolute Gasteiger partial charge is 0.311 e. The van der Waals surface area contributed by atoms with Crippen LogP contribution in [-0.2, 0) is 30.7 Å². The summed E-state index contributed by atoms with van der Waals surface area (Å²) in [5.41, 5.74) is 0.684. The molecule has 0 saturated carbocycles. The number of carbonyl (C=O) groups excluding carboxylic acids is 2. The molecule has 1 aromatic carbocycles. The van der Waals surface area contributed by atoms with Gasteiger partial charge in [-0.05, 0) is 39.0 Å². The molecule has 2 atom stereocenters. The van der Waals surface area contributed by atoms with E-state index >= 15 is 0 Å². The fourth-order valence-corrected chi connectivity index (χ4v) is 5.59. The fraction of sp³-hybridized carbons (Fsp3) is 0.450. The second kappa shape index (κ2) is 9.86. The van der Waals surface area contributed by atoms with E-state index < -0.39 is 21.9 Å². The molecule has 9 nitrogen and oxygen atoms in total. The number of nitrogens with one attached hydrogen (secondary N) is 1. The molecule has 2 unspecified atom stereocenters. The lowest BCUT2D eigenvalue weighted by Gasteiger charge is -2.34. The quantitative estimate of drug-likeness (QED) is 0.621. The number of sulfonamides is 1. The Hall–Kier alpha value is -2.34. The largest absolute Gasteiger partial charge is 0.466 e. The van der Waals surface area contributed by atoms with Gasteiger partial charge in [0.15, 0.2) is 5.13 Å². The highest BCUT2D eigenvalue weighted by Gasteiger charge is 2.32. The molecule has 1 saturated heterocycles. The maximum Gasteiger partial charge on any atom is 0.311 e. The van der Waals surface area contributed by atoms with Crippen molar-refractivity contribution in [1.82, 2.24) is 9.29 Å². The maximum absolute atomic E-state index is 13.1. The number of nitrogens with zero attached hydrogens (tertiary/aromatic N) is 2. The fourth-order valence-electron chi connectivity index (χ4n) is 3.25. The first-order valence-corrected chi connectivity index (χ1v) is 12.2. The Bertz CT molecular complexity index is 1040. The predicted octanol–water partition coefficient (Wildman–Crippen LogP) is 2.30. The predicted molar refractivity (Wildman–Crippen MR) is 116 cm³/mol. The zero-order valence-electron chi connectivity index (χ0n) is 17.5. The molecule has 168 valence electrons. The SMILES string of the molecule is CCOC(=O)Cc1csc(NC(=O)c2cccc(S(=O)(=O)N3CC(C)OC(C)C3)c2)n1. The van der Waals surface area contributed by atoms with Crippen LogP contribution in [0.25, 0.3) is 0 Å². The van der Waals surface area contributed by atoms with Crippen molar-refractivity contribution >= 4 is 38.4 Å². The van der Waals surface area contributed by atoms with Crippen molar-refractivity contribution in [2.75, 3.05) is 25.0 Å². The summed E-state index contributed by atoms with van der Waals surface area (Å²) in [6.07, 6.45) is -0.401. The number of esters is 1. The van der Waals surface area contributed by atoms with E-state index in [1.54, 1.807) is 12.3 Å². The molecule has 3 rings (SSSR count). The van der Waals surface area contributed by atoms with Gasteiger partial charge < -0.3 is 9.47 Å². The highest BCUT2D eigenvalue weighted by Crippen LogP contribution is 2.23. The third-order valence-electron chi connectivity index (χ3n) is 4.52. The standard InChI is InChI=1S/C20H25N3O6S2/c1-4-28-18(24)9-16-12-30-20(21-16)22-19(25)15-6-5-7-17(8-15)31(26,27)23-10-13(2)29-14(3)11-23/h5-8,12-14H,4,9-11H2,1-3H3,(H,21,22,25). The van der Waals surface area contributed by atoms with Crippen LogP contribution in [0.3, 0.4) is 0 Å². The molecule has 1 aliphatic heterocycles. The molecule has 0 aliphatic carbocycles. The van der Waals surface area contributed by atoms with Gasteiger partial charge in [-0.25, -0.2) is 13.4 Å². The molecule has 1 aromatic heterocycles. The number of hydrogen-bond acceptors (Lipinski definition) is 8. The van der Waals surface area contributed by atoms with Crippen LogP contribution < -0.4 is 5.32 Å². The third kappa shape index (κ3) is 5.88. The van der Waals surface area contributed by atoms with Gasteiger partial charge >= 0.3 is 5.97 Å². The van der Waals surface area contributed by atoms with Crippen molar-refractivity contribution in [2.24, 2.45) is 0 Å². The summed E-state index contributed by atoms with van der Waals surface area (Å²) in [5.74, 6) is -0.881. The second-order valence-electron chi connectivity index (χ2n) is 7.19. The second-order valence-corrected chi connectivity index (χ2v) is 9.98. The van der Waals surface area contributed by atoms with E-state index in [1.165, 1.54) is 39.9 Å². The average Bonchev–Trinajstić information content (AvgIpc) is 3.14. The lowest BCUT2D eigenvalue weighted by atomic mass is 10.2. The normalized spacial score (nSPS) is 19.7. The summed E-state index contributed by atoms with van der Waals surface area (Å²) in [6.45, 7) is 6.17. The Morgan fingerprint density at radius 2 is 2.00 bits per heavy atom. The van der Waals surface area contributed by atoms with Gasteiger partial charge in [0.05, 0.1) is 35.8 Å². The minimum Gasteiger partial charge on any atom is -0.466 e. The van der Waals surface area contributed by atoms with Crippen molar-refractivity contribution in [3.8, 4) is 0 Å². The van der Waals surface area contributed by atoms with E-state index in [4.69, 9.17) is 9.47 Å². The number of aromatic nitrogens is 1. The molecule has 1 amide bonds.